The number of halogens is 1. The van der Waals surface area contributed by atoms with Crippen molar-refractivity contribution in [2.24, 2.45) is 0 Å². The molecule has 40 valence electrons. The van der Waals surface area contributed by atoms with Gasteiger partial charge in [-0.2, -0.15) is 0 Å². The summed E-state index contributed by atoms with van der Waals surface area (Å²) in [6, 6.07) is 0. The van der Waals surface area contributed by atoms with E-state index in [9.17, 15) is 9.18 Å². The van der Waals surface area contributed by atoms with Gasteiger partial charge in [0.25, 0.3) is 0 Å². The van der Waals surface area contributed by atoms with Crippen LogP contribution < -0.4 is 5.32 Å². The summed E-state index contributed by atoms with van der Waals surface area (Å²) in [5.41, 5.74) is 0. The highest BCUT2D eigenvalue weighted by Crippen LogP contribution is 1.69. The first kappa shape index (κ1) is 6.14. The Morgan fingerprint density at radius 3 is 2.57 bits per heavy atom. The van der Waals surface area contributed by atoms with Gasteiger partial charge in [0.1, 0.15) is 0 Å². The Labute approximate surface area is 41.0 Å². The number of rotatable bonds is 1. The van der Waals surface area contributed by atoms with Crippen molar-refractivity contribution in [3.05, 3.63) is 12.4 Å². The third-order valence-corrected chi connectivity index (χ3v) is 0.461. The van der Waals surface area contributed by atoms with Crippen LogP contribution in [-0.2, 0) is 4.79 Å². The van der Waals surface area contributed by atoms with Crippen LogP contribution in [0.3, 0.4) is 0 Å². The van der Waals surface area contributed by atoms with E-state index in [0.29, 0.717) is 0 Å². The molecule has 0 heterocycles. The molecule has 0 saturated carbocycles. The van der Waals surface area contributed by atoms with E-state index in [-0.39, 0.29) is 6.33 Å². The molecule has 0 aliphatic heterocycles. The van der Waals surface area contributed by atoms with Crippen LogP contribution in [0.1, 0.15) is 0 Å². The number of hydrogen-bond donors (Lipinski definition) is 1. The average molecular weight is 103 g/mol. The third-order valence-electron chi connectivity index (χ3n) is 0.461. The highest BCUT2D eigenvalue weighted by atomic mass is 19.1. The van der Waals surface area contributed by atoms with Gasteiger partial charge in [-0.15, -0.1) is 0 Å². The second-order valence-corrected chi connectivity index (χ2v) is 0.907. The summed E-state index contributed by atoms with van der Waals surface area (Å²) in [6.45, 7) is 0. The van der Waals surface area contributed by atoms with Crippen molar-refractivity contribution >= 4 is 5.91 Å². The molecule has 0 rings (SSSR count). The van der Waals surface area contributed by atoms with E-state index in [0.717, 1.165) is 6.08 Å². The standard InChI is InChI=1S/C4H6FNO/c1-6-4(7)2-3-5/h2-3H,1H3,(H,6,7)/b3-2-. The minimum absolute atomic E-state index is 0.193. The Kier molecular flexibility index (Phi) is 2.92. The molecule has 0 saturated heterocycles. The first-order chi connectivity index (χ1) is 3.31. The molecule has 0 aliphatic rings. The fraction of sp³-hybridized carbons (Fsp3) is 0.250. The largest absolute Gasteiger partial charge is 0.356 e. The van der Waals surface area contributed by atoms with Crippen LogP contribution in [0.4, 0.5) is 4.39 Å². The first-order valence-electron chi connectivity index (χ1n) is 1.79. The molecule has 0 atom stereocenters. The van der Waals surface area contributed by atoms with Gasteiger partial charge in [0.2, 0.25) is 5.91 Å². The van der Waals surface area contributed by atoms with Crippen LogP contribution in [0, 0.1) is 0 Å². The maximum absolute atomic E-state index is 11.0. The fourth-order valence-corrected chi connectivity index (χ4v) is 0.141. The molecular weight excluding hydrogens is 97.0 g/mol. The van der Waals surface area contributed by atoms with Gasteiger partial charge < -0.3 is 5.32 Å². The van der Waals surface area contributed by atoms with Crippen molar-refractivity contribution < 1.29 is 9.18 Å². The minimum atomic E-state index is -0.428. The Bertz CT molecular complexity index is 89.7. The van der Waals surface area contributed by atoms with Gasteiger partial charge in [-0.05, 0) is 0 Å². The molecule has 0 unspecified atom stereocenters. The van der Waals surface area contributed by atoms with E-state index in [2.05, 4.69) is 5.32 Å². The summed E-state index contributed by atoms with van der Waals surface area (Å²) in [5.74, 6) is -0.428. The van der Waals surface area contributed by atoms with Gasteiger partial charge >= 0.3 is 0 Å². The molecule has 0 bridgehead atoms. The van der Waals surface area contributed by atoms with Crippen molar-refractivity contribution in [2.45, 2.75) is 0 Å². The summed E-state index contributed by atoms with van der Waals surface area (Å²) in [7, 11) is 1.43. The van der Waals surface area contributed by atoms with Crippen LogP contribution in [0.25, 0.3) is 0 Å². The van der Waals surface area contributed by atoms with Gasteiger partial charge in [0.05, 0.1) is 6.33 Å². The molecule has 0 aromatic carbocycles. The van der Waals surface area contributed by atoms with E-state index < -0.39 is 5.91 Å². The van der Waals surface area contributed by atoms with Gasteiger partial charge in [0.15, 0.2) is 0 Å². The molecule has 2 nitrogen and oxygen atoms in total. The van der Waals surface area contributed by atoms with Crippen molar-refractivity contribution in [1.29, 1.82) is 0 Å². The van der Waals surface area contributed by atoms with Crippen LogP contribution in [-0.4, -0.2) is 13.0 Å². The second-order valence-electron chi connectivity index (χ2n) is 0.907. The molecule has 0 radical (unpaired) electrons. The van der Waals surface area contributed by atoms with Gasteiger partial charge in [0, 0.05) is 13.1 Å². The van der Waals surface area contributed by atoms with E-state index in [1.165, 1.54) is 7.05 Å². The normalized spacial score (nSPS) is 9.43. The van der Waals surface area contributed by atoms with Gasteiger partial charge in [-0.25, -0.2) is 4.39 Å². The van der Waals surface area contributed by atoms with Crippen LogP contribution in [0.2, 0.25) is 0 Å². The van der Waals surface area contributed by atoms with Crippen molar-refractivity contribution in [3.63, 3.8) is 0 Å². The van der Waals surface area contributed by atoms with Crippen molar-refractivity contribution in [1.82, 2.24) is 5.32 Å². The molecule has 1 N–H and O–H groups in total. The Balaban J connectivity index is 3.37. The molecule has 0 spiro atoms. The number of likely N-dealkylation sites (N-methyl/N-ethyl adjacent to an activating group) is 1. The molecule has 0 aromatic heterocycles. The second kappa shape index (κ2) is 3.33. The smallest absolute Gasteiger partial charge is 0.246 e. The number of carbonyl (C=O) groups excluding carboxylic acids is 1. The Morgan fingerprint density at radius 2 is 2.43 bits per heavy atom. The lowest BCUT2D eigenvalue weighted by molar-refractivity contribution is -0.116. The summed E-state index contributed by atoms with van der Waals surface area (Å²) >= 11 is 0. The molecule has 3 heteroatoms. The molecule has 7 heavy (non-hydrogen) atoms. The maximum atomic E-state index is 11.0. The summed E-state index contributed by atoms with van der Waals surface area (Å²) in [4.78, 5) is 9.97. The number of hydrogen-bond acceptors (Lipinski definition) is 1. The molecule has 0 aromatic rings. The zero-order valence-electron chi connectivity index (χ0n) is 3.94. The fourth-order valence-electron chi connectivity index (χ4n) is 0.141. The van der Waals surface area contributed by atoms with E-state index >= 15 is 0 Å². The lowest BCUT2D eigenvalue weighted by Gasteiger charge is -1.83. The lowest BCUT2D eigenvalue weighted by atomic mass is 10.6. The van der Waals surface area contributed by atoms with E-state index in [1.54, 1.807) is 0 Å². The van der Waals surface area contributed by atoms with Crippen molar-refractivity contribution in [3.8, 4) is 0 Å². The topological polar surface area (TPSA) is 29.1 Å². The maximum Gasteiger partial charge on any atom is 0.246 e. The Hall–Kier alpha value is -0.860. The highest BCUT2D eigenvalue weighted by molar-refractivity contribution is 5.86. The zero-order valence-corrected chi connectivity index (χ0v) is 3.94. The number of nitrogens with one attached hydrogen (secondary N) is 1. The SMILES string of the molecule is CNC(=O)/C=C\F. The van der Waals surface area contributed by atoms with Gasteiger partial charge in [-0.3, -0.25) is 4.79 Å². The monoisotopic (exact) mass is 103 g/mol. The predicted molar refractivity (Wildman–Crippen MR) is 24.3 cm³/mol. The van der Waals surface area contributed by atoms with Gasteiger partial charge in [-0.1, -0.05) is 0 Å². The minimum Gasteiger partial charge on any atom is -0.356 e. The summed E-state index contributed by atoms with van der Waals surface area (Å²) in [5, 5.41) is 2.20. The number of amides is 1. The molecule has 0 fully saturated rings. The summed E-state index contributed by atoms with van der Waals surface area (Å²) < 4.78 is 11.0. The predicted octanol–water partition coefficient (Wildman–Crippen LogP) is 0.216. The summed E-state index contributed by atoms with van der Waals surface area (Å²) in [6.07, 6.45) is 0.999. The average Bonchev–Trinajstić information content (AvgIpc) is 1.68. The van der Waals surface area contributed by atoms with Crippen LogP contribution >= 0.6 is 0 Å². The number of carbonyl (C=O) groups is 1. The molecule has 0 aliphatic carbocycles. The Morgan fingerprint density at radius 1 is 1.86 bits per heavy atom. The third kappa shape index (κ3) is 2.96. The van der Waals surface area contributed by atoms with E-state index in [4.69, 9.17) is 0 Å². The van der Waals surface area contributed by atoms with Crippen LogP contribution in [0.15, 0.2) is 12.4 Å². The van der Waals surface area contributed by atoms with E-state index in [1.807, 2.05) is 0 Å². The highest BCUT2D eigenvalue weighted by Gasteiger charge is 1.82. The quantitative estimate of drug-likeness (QED) is 0.472. The van der Waals surface area contributed by atoms with Crippen LogP contribution in [0.5, 0.6) is 0 Å². The molecule has 1 amide bonds. The zero-order chi connectivity index (χ0) is 5.70. The molecular formula is C4H6FNO. The first-order valence-corrected chi connectivity index (χ1v) is 1.79. The van der Waals surface area contributed by atoms with Crippen molar-refractivity contribution in [2.75, 3.05) is 7.05 Å². The lowest BCUT2D eigenvalue weighted by Crippen LogP contribution is -2.13.